The Hall–Kier alpha value is -1.24. The highest BCUT2D eigenvalue weighted by atomic mass is 32.1. The summed E-state index contributed by atoms with van der Waals surface area (Å²) >= 11 is 3.14. The van der Waals surface area contributed by atoms with Crippen LogP contribution in [0.1, 0.15) is 28.2 Å². The van der Waals surface area contributed by atoms with E-state index in [0.29, 0.717) is 0 Å². The number of ether oxygens (including phenoxy) is 1. The molecule has 0 saturated carbocycles. The SMILES string of the molecule is COC1CCN(C(=O)c2sc(-c3ccsc3)nc2C)CC1. The lowest BCUT2D eigenvalue weighted by molar-refractivity contribution is 0.0353. The molecule has 3 rings (SSSR count). The van der Waals surface area contributed by atoms with Crippen LogP contribution in [0.5, 0.6) is 0 Å². The molecule has 4 nitrogen and oxygen atoms in total. The fraction of sp³-hybridized carbons (Fsp3) is 0.467. The number of amides is 1. The van der Waals surface area contributed by atoms with E-state index < -0.39 is 0 Å². The number of nitrogens with zero attached hydrogens (tertiary/aromatic N) is 2. The quantitative estimate of drug-likeness (QED) is 0.869. The van der Waals surface area contributed by atoms with Crippen LogP contribution in [-0.2, 0) is 4.74 Å². The number of methoxy groups -OCH3 is 1. The third-order valence-corrected chi connectivity index (χ3v) is 5.70. The number of thiophene rings is 1. The van der Waals surface area contributed by atoms with Crippen LogP contribution in [0.25, 0.3) is 10.6 Å². The molecule has 1 amide bonds. The van der Waals surface area contributed by atoms with E-state index in [2.05, 4.69) is 10.4 Å². The van der Waals surface area contributed by atoms with Crippen molar-refractivity contribution in [2.45, 2.75) is 25.9 Å². The van der Waals surface area contributed by atoms with E-state index in [1.54, 1.807) is 18.4 Å². The molecule has 0 N–H and O–H groups in total. The molecule has 1 saturated heterocycles. The second-order valence-electron chi connectivity index (χ2n) is 5.17. The number of thiazole rings is 1. The number of carbonyl (C=O) groups excluding carboxylic acids is 1. The highest BCUT2D eigenvalue weighted by Gasteiger charge is 2.26. The van der Waals surface area contributed by atoms with Crippen LogP contribution in [-0.4, -0.2) is 42.1 Å². The van der Waals surface area contributed by atoms with Crippen molar-refractivity contribution < 1.29 is 9.53 Å². The second kappa shape index (κ2) is 6.25. The predicted octanol–water partition coefficient (Wildman–Crippen LogP) is 3.43. The average Bonchev–Trinajstić information content (AvgIpc) is 3.16. The van der Waals surface area contributed by atoms with Gasteiger partial charge in [0, 0.05) is 31.1 Å². The predicted molar refractivity (Wildman–Crippen MR) is 86.1 cm³/mol. The van der Waals surface area contributed by atoms with Crippen LogP contribution in [0.4, 0.5) is 0 Å². The van der Waals surface area contributed by atoms with E-state index in [9.17, 15) is 4.79 Å². The van der Waals surface area contributed by atoms with Crippen LogP contribution in [0.2, 0.25) is 0 Å². The van der Waals surface area contributed by atoms with Gasteiger partial charge in [0.25, 0.3) is 5.91 Å². The molecule has 0 spiro atoms. The van der Waals surface area contributed by atoms with Gasteiger partial charge >= 0.3 is 0 Å². The summed E-state index contributed by atoms with van der Waals surface area (Å²) in [6.07, 6.45) is 2.12. The van der Waals surface area contributed by atoms with Crippen molar-refractivity contribution in [3.63, 3.8) is 0 Å². The van der Waals surface area contributed by atoms with Gasteiger partial charge in [0.05, 0.1) is 11.8 Å². The molecule has 1 aliphatic rings. The van der Waals surface area contributed by atoms with Crippen molar-refractivity contribution in [2.24, 2.45) is 0 Å². The lowest BCUT2D eigenvalue weighted by Crippen LogP contribution is -2.40. The Bertz CT molecular complexity index is 614. The van der Waals surface area contributed by atoms with Gasteiger partial charge in [-0.15, -0.1) is 11.3 Å². The summed E-state index contributed by atoms with van der Waals surface area (Å²) in [5.41, 5.74) is 1.94. The number of hydrogen-bond acceptors (Lipinski definition) is 5. The lowest BCUT2D eigenvalue weighted by atomic mass is 10.1. The molecule has 2 aromatic heterocycles. The smallest absolute Gasteiger partial charge is 0.265 e. The zero-order chi connectivity index (χ0) is 14.8. The number of aromatic nitrogens is 1. The Kier molecular flexibility index (Phi) is 4.37. The Balaban J connectivity index is 1.76. The molecule has 6 heteroatoms. The summed E-state index contributed by atoms with van der Waals surface area (Å²) in [7, 11) is 1.74. The van der Waals surface area contributed by atoms with Crippen LogP contribution in [0.15, 0.2) is 16.8 Å². The van der Waals surface area contributed by atoms with E-state index in [4.69, 9.17) is 4.74 Å². The Morgan fingerprint density at radius 2 is 2.19 bits per heavy atom. The summed E-state index contributed by atoms with van der Waals surface area (Å²) < 4.78 is 5.36. The van der Waals surface area contributed by atoms with Crippen molar-refractivity contribution in [3.8, 4) is 10.6 Å². The minimum atomic E-state index is 0.112. The molecule has 0 aromatic carbocycles. The molecule has 21 heavy (non-hydrogen) atoms. The topological polar surface area (TPSA) is 42.4 Å². The number of carbonyl (C=O) groups is 1. The molecule has 2 aromatic rings. The highest BCUT2D eigenvalue weighted by molar-refractivity contribution is 7.17. The van der Waals surface area contributed by atoms with Gasteiger partial charge in [-0.25, -0.2) is 4.98 Å². The standard InChI is InChI=1S/C15H18N2O2S2/c1-10-13(21-14(16-10)11-5-8-20-9-11)15(18)17-6-3-12(19-2)4-7-17/h5,8-9,12H,3-4,6-7H2,1-2H3. The van der Waals surface area contributed by atoms with E-state index in [0.717, 1.165) is 47.1 Å². The van der Waals surface area contributed by atoms with Crippen LogP contribution >= 0.6 is 22.7 Å². The van der Waals surface area contributed by atoms with Crippen molar-refractivity contribution in [1.29, 1.82) is 0 Å². The molecule has 1 fully saturated rings. The summed E-state index contributed by atoms with van der Waals surface area (Å²) in [6, 6.07) is 2.04. The fourth-order valence-corrected chi connectivity index (χ4v) is 4.29. The zero-order valence-corrected chi connectivity index (χ0v) is 13.8. The van der Waals surface area contributed by atoms with Gasteiger partial charge in [-0.1, -0.05) is 0 Å². The summed E-state index contributed by atoms with van der Waals surface area (Å²) in [4.78, 5) is 19.9. The molecule has 112 valence electrons. The van der Waals surface area contributed by atoms with Gasteiger partial charge in [-0.2, -0.15) is 11.3 Å². The summed E-state index contributed by atoms with van der Waals surface area (Å²) in [6.45, 7) is 3.45. The minimum absolute atomic E-state index is 0.112. The molecule has 1 aliphatic heterocycles. The number of hydrogen-bond donors (Lipinski definition) is 0. The van der Waals surface area contributed by atoms with Gasteiger partial charge < -0.3 is 9.64 Å². The Morgan fingerprint density at radius 1 is 1.43 bits per heavy atom. The first kappa shape index (κ1) is 14.7. The Labute approximate surface area is 132 Å². The van der Waals surface area contributed by atoms with Crippen molar-refractivity contribution in [1.82, 2.24) is 9.88 Å². The van der Waals surface area contributed by atoms with E-state index in [-0.39, 0.29) is 12.0 Å². The molecule has 0 unspecified atom stereocenters. The van der Waals surface area contributed by atoms with Crippen LogP contribution in [0, 0.1) is 6.92 Å². The molecule has 3 heterocycles. The van der Waals surface area contributed by atoms with Gasteiger partial charge in [0.1, 0.15) is 9.88 Å². The molecule has 0 bridgehead atoms. The molecule has 0 aliphatic carbocycles. The second-order valence-corrected chi connectivity index (χ2v) is 6.95. The summed E-state index contributed by atoms with van der Waals surface area (Å²) in [5, 5.41) is 5.03. The van der Waals surface area contributed by atoms with Crippen molar-refractivity contribution in [3.05, 3.63) is 27.4 Å². The maximum atomic E-state index is 12.7. The normalized spacial score (nSPS) is 16.4. The van der Waals surface area contributed by atoms with Gasteiger partial charge in [-0.3, -0.25) is 4.79 Å². The minimum Gasteiger partial charge on any atom is -0.381 e. The molecule has 0 radical (unpaired) electrons. The maximum absolute atomic E-state index is 12.7. The van der Waals surface area contributed by atoms with Crippen molar-refractivity contribution in [2.75, 3.05) is 20.2 Å². The monoisotopic (exact) mass is 322 g/mol. The maximum Gasteiger partial charge on any atom is 0.265 e. The third-order valence-electron chi connectivity index (χ3n) is 3.82. The van der Waals surface area contributed by atoms with E-state index in [1.165, 1.54) is 11.3 Å². The number of likely N-dealkylation sites (tertiary alicyclic amines) is 1. The first-order valence-corrected chi connectivity index (χ1v) is 8.77. The van der Waals surface area contributed by atoms with Gasteiger partial charge in [0.2, 0.25) is 0 Å². The lowest BCUT2D eigenvalue weighted by Gasteiger charge is -2.31. The number of piperidine rings is 1. The number of rotatable bonds is 3. The first-order valence-electron chi connectivity index (χ1n) is 7.01. The van der Waals surface area contributed by atoms with Crippen molar-refractivity contribution >= 4 is 28.6 Å². The molecular weight excluding hydrogens is 304 g/mol. The molecular formula is C15H18N2O2S2. The van der Waals surface area contributed by atoms with Crippen LogP contribution in [0.3, 0.4) is 0 Å². The van der Waals surface area contributed by atoms with E-state index >= 15 is 0 Å². The number of aryl methyl sites for hydroxylation is 1. The molecule has 0 atom stereocenters. The third kappa shape index (κ3) is 3.02. The average molecular weight is 322 g/mol. The van der Waals surface area contributed by atoms with Crippen LogP contribution < -0.4 is 0 Å². The first-order chi connectivity index (χ1) is 10.2. The zero-order valence-electron chi connectivity index (χ0n) is 12.2. The van der Waals surface area contributed by atoms with Gasteiger partial charge in [-0.05, 0) is 31.2 Å². The Morgan fingerprint density at radius 3 is 2.81 bits per heavy atom. The van der Waals surface area contributed by atoms with Gasteiger partial charge in [0.15, 0.2) is 0 Å². The fourth-order valence-electron chi connectivity index (χ4n) is 2.54. The highest BCUT2D eigenvalue weighted by Crippen LogP contribution is 2.30. The van der Waals surface area contributed by atoms with E-state index in [1.807, 2.05) is 23.3 Å². The largest absolute Gasteiger partial charge is 0.381 e. The summed E-state index contributed by atoms with van der Waals surface area (Å²) in [5.74, 6) is 0.112.